The van der Waals surface area contributed by atoms with Crippen molar-refractivity contribution in [1.82, 2.24) is 0 Å². The van der Waals surface area contributed by atoms with Crippen molar-refractivity contribution in [3.8, 4) is 0 Å². The van der Waals surface area contributed by atoms with Gasteiger partial charge in [0, 0.05) is 19.3 Å². The van der Waals surface area contributed by atoms with Gasteiger partial charge in [0.2, 0.25) is 0 Å². The van der Waals surface area contributed by atoms with Gasteiger partial charge in [-0.3, -0.25) is 9.59 Å². The summed E-state index contributed by atoms with van der Waals surface area (Å²) in [5, 5.41) is 0. The van der Waals surface area contributed by atoms with E-state index in [0.29, 0.717) is 25.2 Å². The van der Waals surface area contributed by atoms with Crippen molar-refractivity contribution in [3.63, 3.8) is 0 Å². The molecule has 0 aliphatic heterocycles. The molecule has 0 amide bonds. The average molecular weight is 579 g/mol. The van der Waals surface area contributed by atoms with E-state index in [2.05, 4.69) is 20.8 Å². The summed E-state index contributed by atoms with van der Waals surface area (Å²) in [6, 6.07) is 0. The second-order valence-corrected chi connectivity index (χ2v) is 13.0. The van der Waals surface area contributed by atoms with Crippen LogP contribution in [0.4, 0.5) is 0 Å². The van der Waals surface area contributed by atoms with Gasteiger partial charge >= 0.3 is 5.97 Å². The Hall–Kier alpha value is -0.860. The predicted molar refractivity (Wildman–Crippen MR) is 180 cm³/mol. The van der Waals surface area contributed by atoms with Crippen molar-refractivity contribution in [2.75, 3.05) is 6.61 Å². The fourth-order valence-electron chi connectivity index (χ4n) is 6.00. The lowest BCUT2D eigenvalue weighted by molar-refractivity contribution is -0.143. The van der Waals surface area contributed by atoms with Crippen molar-refractivity contribution < 1.29 is 14.3 Å². The molecule has 0 radical (unpaired) electrons. The monoisotopic (exact) mass is 579 g/mol. The third kappa shape index (κ3) is 31.9. The Morgan fingerprint density at radius 1 is 0.415 bits per heavy atom. The van der Waals surface area contributed by atoms with Crippen LogP contribution in [0.15, 0.2) is 0 Å². The van der Waals surface area contributed by atoms with E-state index < -0.39 is 0 Å². The minimum Gasteiger partial charge on any atom is -0.466 e. The van der Waals surface area contributed by atoms with E-state index in [9.17, 15) is 9.59 Å². The molecule has 0 aromatic heterocycles. The molecule has 0 spiro atoms. The molecule has 0 aromatic rings. The van der Waals surface area contributed by atoms with E-state index in [0.717, 1.165) is 44.4 Å². The lowest BCUT2D eigenvalue weighted by Crippen LogP contribution is -2.07. The predicted octanol–water partition coefficient (Wildman–Crippen LogP) is 12.9. The van der Waals surface area contributed by atoms with Gasteiger partial charge in [-0.05, 0) is 38.0 Å². The maximum Gasteiger partial charge on any atom is 0.305 e. The van der Waals surface area contributed by atoms with E-state index in [4.69, 9.17) is 4.74 Å². The van der Waals surface area contributed by atoms with Crippen molar-refractivity contribution in [3.05, 3.63) is 0 Å². The SMILES string of the molecule is CCCCCCCCCCC(=O)CCCCCC(=O)OCCCCC(CCCCCCCC)CCCCCCCC. The Morgan fingerprint density at radius 2 is 0.756 bits per heavy atom. The topological polar surface area (TPSA) is 43.4 Å². The number of hydrogen-bond donors (Lipinski definition) is 0. The Labute approximate surface area is 258 Å². The Balaban J connectivity index is 3.79. The van der Waals surface area contributed by atoms with Crippen LogP contribution < -0.4 is 0 Å². The molecule has 0 rings (SSSR count). The third-order valence-electron chi connectivity index (χ3n) is 8.85. The van der Waals surface area contributed by atoms with Crippen molar-refractivity contribution in [2.45, 2.75) is 220 Å². The third-order valence-corrected chi connectivity index (χ3v) is 8.85. The van der Waals surface area contributed by atoms with Gasteiger partial charge in [0.1, 0.15) is 5.78 Å². The molecule has 0 N–H and O–H groups in total. The molecule has 3 nitrogen and oxygen atoms in total. The van der Waals surface area contributed by atoms with Gasteiger partial charge in [0.15, 0.2) is 0 Å². The first kappa shape index (κ1) is 40.1. The first-order chi connectivity index (χ1) is 20.1. The van der Waals surface area contributed by atoms with Gasteiger partial charge in [-0.1, -0.05) is 168 Å². The zero-order chi connectivity index (χ0) is 30.1. The Bertz CT molecular complexity index is 528. The van der Waals surface area contributed by atoms with E-state index in [1.54, 1.807) is 0 Å². The quantitative estimate of drug-likeness (QED) is 0.0563. The summed E-state index contributed by atoms with van der Waals surface area (Å²) in [5.74, 6) is 1.22. The van der Waals surface area contributed by atoms with Gasteiger partial charge in [0.05, 0.1) is 6.61 Å². The van der Waals surface area contributed by atoms with Crippen molar-refractivity contribution >= 4 is 11.8 Å². The second kappa shape index (κ2) is 33.6. The van der Waals surface area contributed by atoms with Gasteiger partial charge in [-0.2, -0.15) is 0 Å². The number of carbonyl (C=O) groups is 2. The molecule has 0 atom stereocenters. The molecule has 0 heterocycles. The molecule has 0 aliphatic rings. The van der Waals surface area contributed by atoms with Gasteiger partial charge in [0.25, 0.3) is 0 Å². The molecule has 0 saturated carbocycles. The lowest BCUT2D eigenvalue weighted by atomic mass is 9.90. The highest BCUT2D eigenvalue weighted by Crippen LogP contribution is 2.24. The molecule has 0 aromatic carbocycles. The Kier molecular flexibility index (Phi) is 32.9. The number of Topliss-reactive ketones (excluding diaryl/α,β-unsaturated/α-hetero) is 1. The minimum absolute atomic E-state index is 0.0500. The Morgan fingerprint density at radius 3 is 1.22 bits per heavy atom. The first-order valence-corrected chi connectivity index (χ1v) is 18.8. The summed E-state index contributed by atoms with van der Waals surface area (Å²) in [4.78, 5) is 24.2. The lowest BCUT2D eigenvalue weighted by Gasteiger charge is -2.17. The summed E-state index contributed by atoms with van der Waals surface area (Å²) >= 11 is 0. The molecule has 3 heteroatoms. The highest BCUT2D eigenvalue weighted by atomic mass is 16.5. The molecular weight excluding hydrogens is 504 g/mol. The highest BCUT2D eigenvalue weighted by Gasteiger charge is 2.10. The molecule has 0 unspecified atom stereocenters. The number of ketones is 1. The summed E-state index contributed by atoms with van der Waals surface area (Å²) in [6.45, 7) is 7.41. The second-order valence-electron chi connectivity index (χ2n) is 13.0. The molecular formula is C38H74O3. The summed E-state index contributed by atoms with van der Waals surface area (Å²) in [7, 11) is 0. The standard InChI is InChI=1S/C38H74O3/c1-4-7-10-13-16-17-20-24-32-37(39)33-25-21-26-34-38(40)41-35-28-27-31-36(29-22-18-14-11-8-5-2)30-23-19-15-12-9-6-3/h36H,4-35H2,1-3H3. The number of esters is 1. The fourth-order valence-corrected chi connectivity index (χ4v) is 6.00. The normalized spacial score (nSPS) is 11.4. The molecule has 0 bridgehead atoms. The fraction of sp³-hybridized carbons (Fsp3) is 0.947. The van der Waals surface area contributed by atoms with E-state index in [1.165, 1.54) is 148 Å². The summed E-state index contributed by atoms with van der Waals surface area (Å²) < 4.78 is 5.52. The van der Waals surface area contributed by atoms with Gasteiger partial charge in [-0.15, -0.1) is 0 Å². The number of ether oxygens (including phenoxy) is 1. The molecule has 244 valence electrons. The van der Waals surface area contributed by atoms with Gasteiger partial charge in [-0.25, -0.2) is 0 Å². The number of unbranched alkanes of at least 4 members (excludes halogenated alkanes) is 20. The summed E-state index contributed by atoms with van der Waals surface area (Å²) in [5.41, 5.74) is 0. The number of rotatable bonds is 34. The van der Waals surface area contributed by atoms with Crippen LogP contribution in [-0.4, -0.2) is 18.4 Å². The van der Waals surface area contributed by atoms with E-state index >= 15 is 0 Å². The van der Waals surface area contributed by atoms with Crippen LogP contribution in [0.3, 0.4) is 0 Å². The molecule has 0 aliphatic carbocycles. The minimum atomic E-state index is -0.0500. The van der Waals surface area contributed by atoms with Crippen molar-refractivity contribution in [2.24, 2.45) is 5.92 Å². The van der Waals surface area contributed by atoms with Crippen LogP contribution in [0.25, 0.3) is 0 Å². The van der Waals surface area contributed by atoms with Crippen molar-refractivity contribution in [1.29, 1.82) is 0 Å². The zero-order valence-electron chi connectivity index (χ0n) is 28.4. The van der Waals surface area contributed by atoms with Crippen LogP contribution in [0.5, 0.6) is 0 Å². The largest absolute Gasteiger partial charge is 0.466 e. The smallest absolute Gasteiger partial charge is 0.305 e. The maximum absolute atomic E-state index is 12.1. The maximum atomic E-state index is 12.1. The molecule has 0 fully saturated rings. The zero-order valence-corrected chi connectivity index (χ0v) is 28.4. The van der Waals surface area contributed by atoms with Crippen LogP contribution in [0, 0.1) is 5.92 Å². The average Bonchev–Trinajstić information content (AvgIpc) is 2.97. The van der Waals surface area contributed by atoms with Crippen LogP contribution in [0.1, 0.15) is 220 Å². The van der Waals surface area contributed by atoms with Crippen LogP contribution >= 0.6 is 0 Å². The highest BCUT2D eigenvalue weighted by molar-refractivity contribution is 5.78. The summed E-state index contributed by atoms with van der Waals surface area (Å²) in [6.07, 6.45) is 37.8. The van der Waals surface area contributed by atoms with E-state index in [-0.39, 0.29) is 5.97 Å². The number of carbonyl (C=O) groups excluding carboxylic acids is 2. The van der Waals surface area contributed by atoms with Gasteiger partial charge < -0.3 is 4.74 Å². The van der Waals surface area contributed by atoms with Crippen LogP contribution in [0.2, 0.25) is 0 Å². The molecule has 0 saturated heterocycles. The van der Waals surface area contributed by atoms with E-state index in [1.807, 2.05) is 0 Å². The van der Waals surface area contributed by atoms with Crippen LogP contribution in [-0.2, 0) is 14.3 Å². The number of hydrogen-bond acceptors (Lipinski definition) is 3. The molecule has 41 heavy (non-hydrogen) atoms. The first-order valence-electron chi connectivity index (χ1n) is 18.8.